The minimum atomic E-state index is 0.0887. The second kappa shape index (κ2) is 11.9. The Labute approximate surface area is 140 Å². The van der Waals surface area contributed by atoms with E-state index in [2.05, 4.69) is 27.8 Å². The Morgan fingerprint density at radius 1 is 1.39 bits per heavy atom. The Balaban J connectivity index is 0.00000127. The van der Waals surface area contributed by atoms with E-state index in [0.717, 1.165) is 37.3 Å². The monoisotopic (exact) mass is 321 g/mol. The van der Waals surface area contributed by atoms with E-state index in [1.807, 2.05) is 20.8 Å². The lowest BCUT2D eigenvalue weighted by Gasteiger charge is -2.17. The predicted molar refractivity (Wildman–Crippen MR) is 94.8 cm³/mol. The molecule has 0 aromatic carbocycles. The summed E-state index contributed by atoms with van der Waals surface area (Å²) in [4.78, 5) is 16.3. The fourth-order valence-electron chi connectivity index (χ4n) is 2.43. The average Bonchev–Trinajstić information content (AvgIpc) is 2.60. The van der Waals surface area contributed by atoms with Crippen LogP contribution in [0.4, 0.5) is 5.82 Å². The van der Waals surface area contributed by atoms with Crippen molar-refractivity contribution in [1.29, 1.82) is 0 Å². The van der Waals surface area contributed by atoms with Crippen molar-refractivity contribution in [3.63, 3.8) is 0 Å². The van der Waals surface area contributed by atoms with Gasteiger partial charge in [0.1, 0.15) is 5.82 Å². The van der Waals surface area contributed by atoms with Crippen molar-refractivity contribution >= 4 is 11.7 Å². The largest absolute Gasteiger partial charge is 0.380 e. The Morgan fingerprint density at radius 3 is 3.00 bits per heavy atom. The molecular formula is C18H31N3O2. The van der Waals surface area contributed by atoms with Gasteiger partial charge in [-0.2, -0.15) is 0 Å². The van der Waals surface area contributed by atoms with Gasteiger partial charge in [0.2, 0.25) is 5.91 Å². The highest BCUT2D eigenvalue weighted by Gasteiger charge is 2.10. The molecule has 0 unspecified atom stereocenters. The van der Waals surface area contributed by atoms with Crippen molar-refractivity contribution in [3.8, 4) is 0 Å². The average molecular weight is 321 g/mol. The molecule has 0 bridgehead atoms. The minimum Gasteiger partial charge on any atom is -0.380 e. The summed E-state index contributed by atoms with van der Waals surface area (Å²) >= 11 is 0. The third kappa shape index (κ3) is 7.46. The Morgan fingerprint density at radius 2 is 2.22 bits per heavy atom. The van der Waals surface area contributed by atoms with Crippen molar-refractivity contribution < 1.29 is 9.53 Å². The van der Waals surface area contributed by atoms with Gasteiger partial charge in [0, 0.05) is 31.8 Å². The van der Waals surface area contributed by atoms with Crippen molar-refractivity contribution in [2.45, 2.75) is 52.9 Å². The van der Waals surface area contributed by atoms with Crippen LogP contribution in [0.3, 0.4) is 0 Å². The van der Waals surface area contributed by atoms with E-state index in [4.69, 9.17) is 4.74 Å². The molecule has 1 amide bonds. The molecule has 1 aromatic rings. The molecule has 23 heavy (non-hydrogen) atoms. The van der Waals surface area contributed by atoms with Crippen LogP contribution in [-0.4, -0.2) is 37.2 Å². The minimum absolute atomic E-state index is 0.0887. The highest BCUT2D eigenvalue weighted by molar-refractivity contribution is 5.75. The van der Waals surface area contributed by atoms with Gasteiger partial charge in [0.15, 0.2) is 0 Å². The van der Waals surface area contributed by atoms with Crippen molar-refractivity contribution in [2.75, 3.05) is 31.6 Å². The summed E-state index contributed by atoms with van der Waals surface area (Å²) in [5.41, 5.74) is 2.36. The highest BCUT2D eigenvalue weighted by Crippen LogP contribution is 2.20. The van der Waals surface area contributed by atoms with Crippen molar-refractivity contribution in [1.82, 2.24) is 10.3 Å². The molecule has 0 spiro atoms. The lowest BCUT2D eigenvalue weighted by Crippen LogP contribution is -2.27. The number of carbonyl (C=O) groups excluding carboxylic acids is 1. The first-order valence-corrected chi connectivity index (χ1v) is 8.86. The van der Waals surface area contributed by atoms with Crippen LogP contribution in [0.1, 0.15) is 51.3 Å². The first kappa shape index (κ1) is 19.4. The van der Waals surface area contributed by atoms with Gasteiger partial charge in [0.25, 0.3) is 0 Å². The molecule has 2 N–H and O–H groups in total. The van der Waals surface area contributed by atoms with Gasteiger partial charge in [-0.3, -0.25) is 4.79 Å². The maximum absolute atomic E-state index is 11.6. The van der Waals surface area contributed by atoms with Gasteiger partial charge in [-0.1, -0.05) is 19.9 Å². The highest BCUT2D eigenvalue weighted by atomic mass is 16.5. The summed E-state index contributed by atoms with van der Waals surface area (Å²) in [6.07, 6.45) is 4.49. The van der Waals surface area contributed by atoms with E-state index >= 15 is 0 Å². The smallest absolute Gasteiger partial charge is 0.220 e. The molecule has 0 saturated carbocycles. The number of aryl methyl sites for hydroxylation is 2. The fraction of sp³-hybridized carbons (Fsp3) is 0.667. The van der Waals surface area contributed by atoms with Gasteiger partial charge in [-0.25, -0.2) is 4.98 Å². The number of ether oxygens (including phenoxy) is 1. The Kier molecular flexibility index (Phi) is 10.0. The molecule has 0 aliphatic carbocycles. The first-order valence-electron chi connectivity index (χ1n) is 8.86. The lowest BCUT2D eigenvalue weighted by atomic mass is 10.1. The van der Waals surface area contributed by atoms with Gasteiger partial charge in [0.05, 0.1) is 6.61 Å². The number of pyridine rings is 1. The molecule has 5 heteroatoms. The zero-order valence-corrected chi connectivity index (χ0v) is 14.8. The maximum Gasteiger partial charge on any atom is 0.220 e. The van der Waals surface area contributed by atoms with E-state index in [1.54, 1.807) is 0 Å². The summed E-state index contributed by atoms with van der Waals surface area (Å²) in [5, 5.41) is 6.19. The van der Waals surface area contributed by atoms with Gasteiger partial charge in [-0.05, 0) is 44.2 Å². The van der Waals surface area contributed by atoms with E-state index in [1.165, 1.54) is 12.0 Å². The number of amides is 1. The third-order valence-corrected chi connectivity index (χ3v) is 3.56. The molecule has 0 saturated heterocycles. The van der Waals surface area contributed by atoms with Crippen LogP contribution in [0.25, 0.3) is 0 Å². The molecule has 0 radical (unpaired) electrons. The molecule has 130 valence electrons. The molecule has 1 aliphatic heterocycles. The lowest BCUT2D eigenvalue weighted by molar-refractivity contribution is -0.121. The predicted octanol–water partition coefficient (Wildman–Crippen LogP) is 2.94. The Hall–Kier alpha value is -1.62. The fourth-order valence-corrected chi connectivity index (χ4v) is 2.43. The van der Waals surface area contributed by atoms with Crippen LogP contribution in [0, 0.1) is 0 Å². The van der Waals surface area contributed by atoms with Crippen molar-refractivity contribution in [2.24, 2.45) is 0 Å². The summed E-state index contributed by atoms with van der Waals surface area (Å²) in [7, 11) is 0. The molecule has 1 aromatic heterocycles. The van der Waals surface area contributed by atoms with Crippen LogP contribution < -0.4 is 10.6 Å². The number of carbonyl (C=O) groups is 1. The Bertz CT molecular complexity index is 464. The number of hydrogen-bond acceptors (Lipinski definition) is 4. The molecular weight excluding hydrogens is 290 g/mol. The van der Waals surface area contributed by atoms with Crippen LogP contribution in [0.5, 0.6) is 0 Å². The SMILES string of the molecule is CC.CCOCCNC(=O)CCCc1ccc2c(n1)NCCC2. The number of fused-ring (bicyclic) bond motifs is 1. The molecule has 0 fully saturated rings. The second-order valence-corrected chi connectivity index (χ2v) is 5.24. The van der Waals surface area contributed by atoms with Crippen LogP contribution in [0.15, 0.2) is 12.1 Å². The van der Waals surface area contributed by atoms with E-state index < -0.39 is 0 Å². The number of nitrogens with zero attached hydrogens (tertiary/aromatic N) is 1. The zero-order chi connectivity index (χ0) is 16.9. The number of hydrogen-bond donors (Lipinski definition) is 2. The quantitative estimate of drug-likeness (QED) is 0.723. The number of rotatable bonds is 8. The maximum atomic E-state index is 11.6. The second-order valence-electron chi connectivity index (χ2n) is 5.24. The number of nitrogens with one attached hydrogen (secondary N) is 2. The number of aromatic nitrogens is 1. The van der Waals surface area contributed by atoms with Gasteiger partial charge < -0.3 is 15.4 Å². The first-order chi connectivity index (χ1) is 11.3. The zero-order valence-electron chi connectivity index (χ0n) is 14.8. The molecule has 0 atom stereocenters. The van der Waals surface area contributed by atoms with Crippen molar-refractivity contribution in [3.05, 3.63) is 23.4 Å². The van der Waals surface area contributed by atoms with E-state index in [0.29, 0.717) is 26.2 Å². The summed E-state index contributed by atoms with van der Waals surface area (Å²) in [6.45, 7) is 8.82. The standard InChI is InChI=1S/C16H25N3O2.C2H6/c1-2-21-12-11-17-15(20)7-3-6-14-9-8-13-5-4-10-18-16(13)19-14;1-2/h8-9H,2-7,10-12H2,1H3,(H,17,20)(H,18,19);1-2H3. The summed E-state index contributed by atoms with van der Waals surface area (Å²) < 4.78 is 5.18. The third-order valence-electron chi connectivity index (χ3n) is 3.56. The van der Waals surface area contributed by atoms with Gasteiger partial charge in [-0.15, -0.1) is 0 Å². The molecule has 5 nitrogen and oxygen atoms in total. The summed E-state index contributed by atoms with van der Waals surface area (Å²) in [6, 6.07) is 4.24. The molecule has 2 heterocycles. The molecule has 2 rings (SSSR count). The van der Waals surface area contributed by atoms with Crippen LogP contribution in [-0.2, 0) is 22.4 Å². The van der Waals surface area contributed by atoms with Crippen LogP contribution >= 0.6 is 0 Å². The van der Waals surface area contributed by atoms with E-state index in [-0.39, 0.29) is 5.91 Å². The normalized spacial score (nSPS) is 12.5. The summed E-state index contributed by atoms with van der Waals surface area (Å²) in [5.74, 6) is 1.12. The van der Waals surface area contributed by atoms with Crippen LogP contribution in [0.2, 0.25) is 0 Å². The van der Waals surface area contributed by atoms with Gasteiger partial charge >= 0.3 is 0 Å². The number of anilines is 1. The topological polar surface area (TPSA) is 63.2 Å². The van der Waals surface area contributed by atoms with E-state index in [9.17, 15) is 4.79 Å². The molecule has 1 aliphatic rings.